The van der Waals surface area contributed by atoms with Gasteiger partial charge in [0.25, 0.3) is 0 Å². The highest BCUT2D eigenvalue weighted by Gasteiger charge is 2.33. The molecule has 5 nitrogen and oxygen atoms in total. The molecule has 2 aliphatic heterocycles. The average molecular weight is 383 g/mol. The van der Waals surface area contributed by atoms with Crippen molar-refractivity contribution in [3.8, 4) is 5.75 Å². The zero-order valence-electron chi connectivity index (χ0n) is 16.9. The Balaban J connectivity index is 1.42. The topological polar surface area (TPSA) is 58.6 Å². The smallest absolute Gasteiger partial charge is 0.225 e. The molecule has 4 rings (SSSR count). The first kappa shape index (κ1) is 19.0. The molecule has 1 saturated heterocycles. The first-order valence-electron chi connectivity index (χ1n) is 10.5. The molecule has 5 heteroatoms. The number of allylic oxidation sites excluding steroid dienone is 1. The van der Waals surface area contributed by atoms with Crippen molar-refractivity contribution in [3.63, 3.8) is 0 Å². The lowest BCUT2D eigenvalue weighted by atomic mass is 9.90. The number of amides is 1. The van der Waals surface area contributed by atoms with E-state index in [2.05, 4.69) is 5.32 Å². The number of benzene rings is 1. The molecule has 0 spiro atoms. The maximum Gasteiger partial charge on any atom is 0.225 e. The molecule has 0 unspecified atom stereocenters. The van der Waals surface area contributed by atoms with E-state index in [0.717, 1.165) is 42.7 Å². The Hall–Kier alpha value is -2.30. The van der Waals surface area contributed by atoms with Gasteiger partial charge in [-0.3, -0.25) is 9.59 Å². The highest BCUT2D eigenvalue weighted by molar-refractivity contribution is 5.99. The van der Waals surface area contributed by atoms with Crippen molar-refractivity contribution in [3.05, 3.63) is 35.9 Å². The highest BCUT2D eigenvalue weighted by atomic mass is 16.5. The van der Waals surface area contributed by atoms with Crippen LogP contribution < -0.4 is 10.1 Å². The number of nitrogens with zero attached hydrogens (tertiary/aromatic N) is 1. The van der Waals surface area contributed by atoms with E-state index in [9.17, 15) is 9.59 Å². The van der Waals surface area contributed by atoms with Crippen LogP contribution in [0.5, 0.6) is 5.75 Å². The molecular formula is C23H30N2O3. The number of fused-ring (bicyclic) bond motifs is 1. The molecule has 0 aromatic heterocycles. The number of para-hydroxylation sites is 1. The number of likely N-dealkylation sites (tertiary alicyclic amines) is 1. The summed E-state index contributed by atoms with van der Waals surface area (Å²) in [5.41, 5.74) is 1.18. The maximum absolute atomic E-state index is 13.0. The fourth-order valence-corrected chi connectivity index (χ4v) is 4.66. The predicted molar refractivity (Wildman–Crippen MR) is 109 cm³/mol. The monoisotopic (exact) mass is 382 g/mol. The van der Waals surface area contributed by atoms with Gasteiger partial charge < -0.3 is 15.0 Å². The van der Waals surface area contributed by atoms with Gasteiger partial charge in [-0.2, -0.15) is 0 Å². The predicted octanol–water partition coefficient (Wildman–Crippen LogP) is 3.74. The van der Waals surface area contributed by atoms with E-state index in [1.165, 1.54) is 12.8 Å². The highest BCUT2D eigenvalue weighted by Crippen LogP contribution is 2.34. The number of ether oxygens (including phenoxy) is 1. The maximum atomic E-state index is 13.0. The standard InChI is InChI=1S/C23H30N2O3/c1-23(2)24-19(18-9-5-6-10-21(18)28-23)15-20(26)16-11-13-25(14-12-16)22(27)17-7-3-4-8-17/h5-6,9-10,15-17,24H,3-4,7-8,11-14H2,1-2H3/b19-15+. The van der Waals surface area contributed by atoms with E-state index in [0.29, 0.717) is 19.0 Å². The largest absolute Gasteiger partial charge is 0.468 e. The number of carbonyl (C=O) groups is 2. The zero-order chi connectivity index (χ0) is 19.7. The molecular weight excluding hydrogens is 352 g/mol. The van der Waals surface area contributed by atoms with Gasteiger partial charge in [-0.05, 0) is 51.7 Å². The Morgan fingerprint density at radius 2 is 1.75 bits per heavy atom. The van der Waals surface area contributed by atoms with Crippen LogP contribution in [-0.4, -0.2) is 35.4 Å². The number of nitrogens with one attached hydrogen (secondary N) is 1. The second-order valence-corrected chi connectivity index (χ2v) is 8.77. The minimum absolute atomic E-state index is 0.0138. The van der Waals surface area contributed by atoms with Crippen LogP contribution in [0.1, 0.15) is 57.9 Å². The SMILES string of the molecule is CC1(C)N/C(=C/C(=O)C2CCN(C(=O)C3CCCC3)CC2)c2ccccc2O1. The van der Waals surface area contributed by atoms with Crippen LogP contribution in [0.15, 0.2) is 30.3 Å². The second kappa shape index (κ2) is 7.61. The minimum atomic E-state index is -0.558. The lowest BCUT2D eigenvalue weighted by molar-refractivity contribution is -0.138. The lowest BCUT2D eigenvalue weighted by Gasteiger charge is -2.36. The summed E-state index contributed by atoms with van der Waals surface area (Å²) < 4.78 is 5.96. The summed E-state index contributed by atoms with van der Waals surface area (Å²) in [6.45, 7) is 5.31. The number of hydrogen-bond acceptors (Lipinski definition) is 4. The molecule has 3 aliphatic rings. The summed E-state index contributed by atoms with van der Waals surface area (Å²) in [5.74, 6) is 1.45. The number of rotatable bonds is 3. The third-order valence-corrected chi connectivity index (χ3v) is 6.18. The van der Waals surface area contributed by atoms with Crippen LogP contribution in [0.2, 0.25) is 0 Å². The Morgan fingerprint density at radius 1 is 1.07 bits per heavy atom. The average Bonchev–Trinajstić information content (AvgIpc) is 3.21. The molecule has 1 saturated carbocycles. The molecule has 1 aromatic carbocycles. The molecule has 1 amide bonds. The van der Waals surface area contributed by atoms with E-state index in [1.54, 1.807) is 6.08 Å². The number of piperidine rings is 1. The summed E-state index contributed by atoms with van der Waals surface area (Å²) in [6, 6.07) is 7.80. The van der Waals surface area contributed by atoms with Crippen LogP contribution in [0.25, 0.3) is 5.70 Å². The van der Waals surface area contributed by atoms with Crippen LogP contribution >= 0.6 is 0 Å². The molecule has 2 heterocycles. The van der Waals surface area contributed by atoms with Crippen molar-refractivity contribution in [1.82, 2.24) is 10.2 Å². The van der Waals surface area contributed by atoms with Crippen molar-refractivity contribution >= 4 is 17.4 Å². The van der Waals surface area contributed by atoms with Gasteiger partial charge in [0.2, 0.25) is 5.91 Å². The van der Waals surface area contributed by atoms with Crippen molar-refractivity contribution in [2.45, 2.75) is 58.1 Å². The van der Waals surface area contributed by atoms with Gasteiger partial charge in [-0.25, -0.2) is 0 Å². The van der Waals surface area contributed by atoms with E-state index in [-0.39, 0.29) is 17.6 Å². The molecule has 0 radical (unpaired) electrons. The quantitative estimate of drug-likeness (QED) is 0.809. The van der Waals surface area contributed by atoms with E-state index in [1.807, 2.05) is 43.0 Å². The molecule has 28 heavy (non-hydrogen) atoms. The molecule has 0 atom stereocenters. The van der Waals surface area contributed by atoms with Gasteiger partial charge in [-0.1, -0.05) is 25.0 Å². The molecule has 2 fully saturated rings. The first-order chi connectivity index (χ1) is 13.4. The van der Waals surface area contributed by atoms with Gasteiger partial charge in [0.1, 0.15) is 5.75 Å². The van der Waals surface area contributed by atoms with Crippen LogP contribution in [0.4, 0.5) is 0 Å². The van der Waals surface area contributed by atoms with Crippen molar-refractivity contribution in [2.24, 2.45) is 11.8 Å². The van der Waals surface area contributed by atoms with Gasteiger partial charge in [0, 0.05) is 36.6 Å². The Bertz CT molecular complexity index is 785. The van der Waals surface area contributed by atoms with Gasteiger partial charge in [0.05, 0.1) is 5.70 Å². The normalized spacial score (nSPS) is 23.8. The molecule has 1 aliphatic carbocycles. The number of carbonyl (C=O) groups excluding carboxylic acids is 2. The Labute approximate surface area is 167 Å². The van der Waals surface area contributed by atoms with Crippen molar-refractivity contribution < 1.29 is 14.3 Å². The third kappa shape index (κ3) is 3.94. The summed E-state index contributed by atoms with van der Waals surface area (Å²) in [4.78, 5) is 27.6. The summed E-state index contributed by atoms with van der Waals surface area (Å²) in [5, 5.41) is 3.34. The van der Waals surface area contributed by atoms with Gasteiger partial charge in [-0.15, -0.1) is 0 Å². The Kier molecular flexibility index (Phi) is 5.17. The van der Waals surface area contributed by atoms with E-state index < -0.39 is 5.72 Å². The van der Waals surface area contributed by atoms with E-state index in [4.69, 9.17) is 4.74 Å². The molecule has 1 aromatic rings. The first-order valence-corrected chi connectivity index (χ1v) is 10.5. The van der Waals surface area contributed by atoms with E-state index >= 15 is 0 Å². The third-order valence-electron chi connectivity index (χ3n) is 6.18. The summed E-state index contributed by atoms with van der Waals surface area (Å²) in [6.07, 6.45) is 7.66. The van der Waals surface area contributed by atoms with Crippen molar-refractivity contribution in [2.75, 3.05) is 13.1 Å². The van der Waals surface area contributed by atoms with Crippen LogP contribution in [0.3, 0.4) is 0 Å². The van der Waals surface area contributed by atoms with Crippen LogP contribution in [0, 0.1) is 11.8 Å². The van der Waals surface area contributed by atoms with Crippen LogP contribution in [-0.2, 0) is 9.59 Å². The molecule has 150 valence electrons. The zero-order valence-corrected chi connectivity index (χ0v) is 16.9. The minimum Gasteiger partial charge on any atom is -0.468 e. The molecule has 1 N–H and O–H groups in total. The fourth-order valence-electron chi connectivity index (χ4n) is 4.66. The lowest BCUT2D eigenvalue weighted by Crippen LogP contribution is -2.47. The number of hydrogen-bond donors (Lipinski definition) is 1. The summed E-state index contributed by atoms with van der Waals surface area (Å²) in [7, 11) is 0. The second-order valence-electron chi connectivity index (χ2n) is 8.77. The van der Waals surface area contributed by atoms with Gasteiger partial charge in [0.15, 0.2) is 11.5 Å². The van der Waals surface area contributed by atoms with Gasteiger partial charge >= 0.3 is 0 Å². The Morgan fingerprint density at radius 3 is 2.46 bits per heavy atom. The fraction of sp³-hybridized carbons (Fsp3) is 0.565. The molecule has 0 bridgehead atoms. The number of ketones is 1. The summed E-state index contributed by atoms with van der Waals surface area (Å²) >= 11 is 0. The van der Waals surface area contributed by atoms with Crippen molar-refractivity contribution in [1.29, 1.82) is 0 Å².